The molecule has 1 aliphatic rings. The lowest BCUT2D eigenvalue weighted by Crippen LogP contribution is -2.50. The Morgan fingerprint density at radius 3 is 2.22 bits per heavy atom. The second-order valence-corrected chi connectivity index (χ2v) is 11.0. The highest BCUT2D eigenvalue weighted by Gasteiger charge is 2.39. The summed E-state index contributed by atoms with van der Waals surface area (Å²) >= 11 is 0. The second-order valence-electron chi connectivity index (χ2n) is 9.06. The molecule has 0 fully saturated rings. The minimum absolute atomic E-state index is 0.138. The van der Waals surface area contributed by atoms with Gasteiger partial charge in [0.15, 0.2) is 0 Å². The molecular formula is C30H24N2O3S. The zero-order valence-corrected chi connectivity index (χ0v) is 20.3. The van der Waals surface area contributed by atoms with Crippen LogP contribution in [0.1, 0.15) is 11.1 Å². The number of hydrogen-bond donors (Lipinski definition) is 1. The molecule has 0 saturated carbocycles. The molecule has 1 amide bonds. The van der Waals surface area contributed by atoms with E-state index in [1.54, 1.807) is 12.1 Å². The maximum atomic E-state index is 14.0. The maximum absolute atomic E-state index is 14.0. The van der Waals surface area contributed by atoms with E-state index < -0.39 is 16.1 Å². The number of hydrogen-bond acceptors (Lipinski definition) is 3. The molecule has 1 aliphatic heterocycles. The summed E-state index contributed by atoms with van der Waals surface area (Å²) < 4.78 is 29.3. The molecule has 1 N–H and O–H groups in total. The van der Waals surface area contributed by atoms with Crippen molar-refractivity contribution in [3.8, 4) is 0 Å². The molecule has 0 saturated heterocycles. The predicted octanol–water partition coefficient (Wildman–Crippen LogP) is 5.75. The molecule has 0 spiro atoms. The Balaban J connectivity index is 1.41. The first-order chi connectivity index (χ1) is 17.5. The first kappa shape index (κ1) is 22.5. The summed E-state index contributed by atoms with van der Waals surface area (Å²) in [5, 5.41) is 6.74. The number of benzene rings is 5. The third-order valence-electron chi connectivity index (χ3n) is 6.88. The van der Waals surface area contributed by atoms with E-state index in [0.29, 0.717) is 12.1 Å². The highest BCUT2D eigenvalue weighted by atomic mass is 32.2. The zero-order chi connectivity index (χ0) is 24.7. The molecule has 6 rings (SSSR count). The van der Waals surface area contributed by atoms with Crippen LogP contribution in [0, 0.1) is 0 Å². The topological polar surface area (TPSA) is 66.5 Å². The SMILES string of the molecule is O=C(Nc1cccc2ccccc12)C1Cc2ccccc2CN1S(=O)(=O)c1ccc2ccccc2c1. The second kappa shape index (κ2) is 8.90. The lowest BCUT2D eigenvalue weighted by molar-refractivity contribution is -0.120. The Kier molecular flexibility index (Phi) is 5.55. The first-order valence-corrected chi connectivity index (χ1v) is 13.3. The van der Waals surface area contributed by atoms with Crippen LogP contribution in [0.4, 0.5) is 5.69 Å². The van der Waals surface area contributed by atoms with Crippen LogP contribution in [0.25, 0.3) is 21.5 Å². The number of fused-ring (bicyclic) bond motifs is 3. The maximum Gasteiger partial charge on any atom is 0.244 e. The Morgan fingerprint density at radius 2 is 1.39 bits per heavy atom. The standard InChI is InChI=1S/C30H24N2O3S/c33-30(31-28-15-7-13-22-9-5-6-14-27(22)28)29-19-24-11-3-4-12-25(24)20-32(29)36(34,35)26-17-16-21-8-1-2-10-23(21)18-26/h1-18,29H,19-20H2,(H,31,33). The first-order valence-electron chi connectivity index (χ1n) is 11.9. The summed E-state index contributed by atoms with van der Waals surface area (Å²) in [4.78, 5) is 13.9. The number of anilines is 1. The van der Waals surface area contributed by atoms with E-state index >= 15 is 0 Å². The highest BCUT2D eigenvalue weighted by molar-refractivity contribution is 7.89. The van der Waals surface area contributed by atoms with Crippen molar-refractivity contribution in [2.75, 3.05) is 5.32 Å². The third-order valence-corrected chi connectivity index (χ3v) is 8.73. The predicted molar refractivity (Wildman–Crippen MR) is 143 cm³/mol. The molecule has 0 bridgehead atoms. The van der Waals surface area contributed by atoms with E-state index in [2.05, 4.69) is 5.32 Å². The molecule has 1 heterocycles. The van der Waals surface area contributed by atoms with E-state index in [9.17, 15) is 13.2 Å². The Morgan fingerprint density at radius 1 is 0.722 bits per heavy atom. The number of carbonyl (C=O) groups is 1. The summed E-state index contributed by atoms with van der Waals surface area (Å²) in [6.07, 6.45) is 0.305. The molecule has 178 valence electrons. The fraction of sp³-hybridized carbons (Fsp3) is 0.100. The molecular weight excluding hydrogens is 468 g/mol. The van der Waals surface area contributed by atoms with Gasteiger partial charge >= 0.3 is 0 Å². The quantitative estimate of drug-likeness (QED) is 0.348. The lowest BCUT2D eigenvalue weighted by atomic mass is 9.95. The van der Waals surface area contributed by atoms with Gasteiger partial charge in [0.2, 0.25) is 15.9 Å². The monoisotopic (exact) mass is 492 g/mol. The van der Waals surface area contributed by atoms with Gasteiger partial charge in [0.05, 0.1) is 4.90 Å². The van der Waals surface area contributed by atoms with Crippen LogP contribution >= 0.6 is 0 Å². The summed E-state index contributed by atoms with van der Waals surface area (Å²) in [6.45, 7) is 0.138. The highest BCUT2D eigenvalue weighted by Crippen LogP contribution is 2.32. The molecule has 5 aromatic rings. The molecule has 5 nitrogen and oxygen atoms in total. The van der Waals surface area contributed by atoms with Crippen LogP contribution < -0.4 is 5.32 Å². The van der Waals surface area contributed by atoms with Crippen LogP contribution in [0.15, 0.2) is 114 Å². The Hall–Kier alpha value is -4.00. The van der Waals surface area contributed by atoms with Crippen molar-refractivity contribution in [1.29, 1.82) is 0 Å². The van der Waals surface area contributed by atoms with Gasteiger partial charge in [0.25, 0.3) is 0 Å². The van der Waals surface area contributed by atoms with Crippen LogP contribution in [0.3, 0.4) is 0 Å². The van der Waals surface area contributed by atoms with Crippen molar-refractivity contribution in [3.63, 3.8) is 0 Å². The van der Waals surface area contributed by atoms with Gasteiger partial charge in [-0.05, 0) is 51.9 Å². The lowest BCUT2D eigenvalue weighted by Gasteiger charge is -2.35. The van der Waals surface area contributed by atoms with E-state index in [4.69, 9.17) is 0 Å². The van der Waals surface area contributed by atoms with Gasteiger partial charge in [0, 0.05) is 17.6 Å². The normalized spacial score (nSPS) is 16.1. The van der Waals surface area contributed by atoms with Crippen molar-refractivity contribution in [2.24, 2.45) is 0 Å². The van der Waals surface area contributed by atoms with Gasteiger partial charge in [-0.15, -0.1) is 0 Å². The van der Waals surface area contributed by atoms with Crippen molar-refractivity contribution >= 4 is 43.2 Å². The van der Waals surface area contributed by atoms with Crippen LogP contribution in [-0.2, 0) is 27.8 Å². The molecule has 36 heavy (non-hydrogen) atoms. The summed E-state index contributed by atoms with van der Waals surface area (Å²) in [5.41, 5.74) is 2.57. The van der Waals surface area contributed by atoms with Gasteiger partial charge in [0.1, 0.15) is 6.04 Å². The van der Waals surface area contributed by atoms with E-state index in [1.165, 1.54) is 4.31 Å². The smallest absolute Gasteiger partial charge is 0.244 e. The van der Waals surface area contributed by atoms with Gasteiger partial charge in [-0.3, -0.25) is 4.79 Å². The Bertz CT molecular complexity index is 1720. The molecule has 1 atom stereocenters. The van der Waals surface area contributed by atoms with Gasteiger partial charge in [-0.1, -0.05) is 91.0 Å². The van der Waals surface area contributed by atoms with Crippen molar-refractivity contribution in [1.82, 2.24) is 4.31 Å². The molecule has 0 aliphatic carbocycles. The molecule has 0 aromatic heterocycles. The number of sulfonamides is 1. The van der Waals surface area contributed by atoms with E-state index in [0.717, 1.165) is 32.7 Å². The van der Waals surface area contributed by atoms with Gasteiger partial charge in [-0.25, -0.2) is 8.42 Å². The van der Waals surface area contributed by atoms with Crippen LogP contribution in [0.5, 0.6) is 0 Å². The fourth-order valence-corrected chi connectivity index (χ4v) is 6.59. The average molecular weight is 493 g/mol. The van der Waals surface area contributed by atoms with Crippen molar-refractivity contribution < 1.29 is 13.2 Å². The average Bonchev–Trinajstić information content (AvgIpc) is 2.92. The number of rotatable bonds is 4. The summed E-state index contributed by atoms with van der Waals surface area (Å²) in [7, 11) is -3.95. The summed E-state index contributed by atoms with van der Waals surface area (Å²) in [5.74, 6) is -0.342. The number of amides is 1. The summed E-state index contributed by atoms with van der Waals surface area (Å²) in [6, 6.07) is 33.1. The van der Waals surface area contributed by atoms with Crippen molar-refractivity contribution in [3.05, 3.63) is 120 Å². The molecule has 5 aromatic carbocycles. The minimum Gasteiger partial charge on any atom is -0.324 e. The van der Waals surface area contributed by atoms with Crippen molar-refractivity contribution in [2.45, 2.75) is 23.9 Å². The third kappa shape index (κ3) is 3.94. The molecule has 0 radical (unpaired) electrons. The van der Waals surface area contributed by atoms with Crippen LogP contribution in [-0.4, -0.2) is 24.7 Å². The Labute approximate surface area is 210 Å². The van der Waals surface area contributed by atoms with Crippen LogP contribution in [0.2, 0.25) is 0 Å². The number of nitrogens with zero attached hydrogens (tertiary/aromatic N) is 1. The van der Waals surface area contributed by atoms with Gasteiger partial charge < -0.3 is 5.32 Å². The van der Waals surface area contributed by atoms with E-state index in [1.807, 2.05) is 97.1 Å². The molecule has 6 heteroatoms. The number of carbonyl (C=O) groups excluding carboxylic acids is 1. The zero-order valence-electron chi connectivity index (χ0n) is 19.5. The minimum atomic E-state index is -3.95. The fourth-order valence-electron chi connectivity index (χ4n) is 4.99. The van der Waals surface area contributed by atoms with Gasteiger partial charge in [-0.2, -0.15) is 4.31 Å². The largest absolute Gasteiger partial charge is 0.324 e. The molecule has 1 unspecified atom stereocenters. The van der Waals surface area contributed by atoms with E-state index in [-0.39, 0.29) is 17.3 Å². The number of nitrogens with one attached hydrogen (secondary N) is 1.